The Labute approximate surface area is 231 Å². The van der Waals surface area contributed by atoms with E-state index < -0.39 is 5.60 Å². The van der Waals surface area contributed by atoms with Crippen molar-refractivity contribution in [2.45, 2.75) is 44.6 Å². The van der Waals surface area contributed by atoms with Gasteiger partial charge in [0.05, 0.1) is 17.9 Å². The minimum absolute atomic E-state index is 0.0377. The molecule has 7 nitrogen and oxygen atoms in total. The zero-order valence-corrected chi connectivity index (χ0v) is 23.5. The van der Waals surface area contributed by atoms with E-state index in [1.165, 1.54) is 11.9 Å². The van der Waals surface area contributed by atoms with Crippen LogP contribution >= 0.6 is 35.1 Å². The third kappa shape index (κ3) is 7.31. The minimum Gasteiger partial charge on any atom is -0.459 e. The third-order valence-corrected chi connectivity index (χ3v) is 6.59. The second kappa shape index (κ2) is 11.6. The lowest BCUT2D eigenvalue weighted by molar-refractivity contribution is -0.152. The Morgan fingerprint density at radius 3 is 2.49 bits per heavy atom. The van der Waals surface area contributed by atoms with Crippen LogP contribution in [0.1, 0.15) is 34.1 Å². The number of hydrogen-bond acceptors (Lipinski definition) is 7. The fourth-order valence-corrected chi connectivity index (χ4v) is 5.31. The summed E-state index contributed by atoms with van der Waals surface area (Å²) in [5.41, 5.74) is 1.22. The van der Waals surface area contributed by atoms with Crippen molar-refractivity contribution in [2.24, 2.45) is 0 Å². The molecule has 0 aliphatic rings. The number of fused-ring (bicyclic) bond motifs is 1. The first-order valence-electron chi connectivity index (χ1n) is 11.9. The highest BCUT2D eigenvalue weighted by Gasteiger charge is 2.21. The van der Waals surface area contributed by atoms with E-state index in [2.05, 4.69) is 22.2 Å². The van der Waals surface area contributed by atoms with Crippen molar-refractivity contribution in [2.75, 3.05) is 22.7 Å². The molecule has 2 aromatic carbocycles. The van der Waals surface area contributed by atoms with Gasteiger partial charge in [-0.15, -0.1) is 0 Å². The molecule has 0 radical (unpaired) electrons. The highest BCUT2D eigenvalue weighted by atomic mass is 35.5. The fraction of sp³-hybridized carbons (Fsp3) is 0.296. The van der Waals surface area contributed by atoms with Crippen LogP contribution in [-0.4, -0.2) is 39.2 Å². The Bertz CT molecular complexity index is 1370. The lowest BCUT2D eigenvalue weighted by atomic mass is 10.2. The summed E-state index contributed by atoms with van der Waals surface area (Å²) in [6.07, 6.45) is 6.46. The normalized spacial score (nSPS) is 11.5. The van der Waals surface area contributed by atoms with E-state index in [4.69, 9.17) is 27.9 Å². The van der Waals surface area contributed by atoms with Crippen molar-refractivity contribution in [3.05, 3.63) is 71.1 Å². The number of carbonyl (C=O) groups is 1. The van der Waals surface area contributed by atoms with E-state index in [9.17, 15) is 4.79 Å². The molecule has 0 bridgehead atoms. The van der Waals surface area contributed by atoms with Crippen LogP contribution in [0.5, 0.6) is 0 Å². The number of rotatable bonds is 9. The van der Waals surface area contributed by atoms with Crippen molar-refractivity contribution in [1.82, 2.24) is 14.5 Å². The summed E-state index contributed by atoms with van der Waals surface area (Å²) in [7, 11) is 0. The van der Waals surface area contributed by atoms with E-state index in [0.717, 1.165) is 46.1 Å². The number of nitrogens with one attached hydrogen (secondary N) is 1. The van der Waals surface area contributed by atoms with E-state index in [1.54, 1.807) is 18.5 Å². The summed E-state index contributed by atoms with van der Waals surface area (Å²) >= 11 is 13.8. The monoisotopic (exact) mass is 557 g/mol. The Morgan fingerprint density at radius 1 is 1.08 bits per heavy atom. The van der Waals surface area contributed by atoms with Crippen LogP contribution in [0.2, 0.25) is 10.0 Å². The van der Waals surface area contributed by atoms with Crippen LogP contribution in [0.3, 0.4) is 0 Å². The molecule has 37 heavy (non-hydrogen) atoms. The van der Waals surface area contributed by atoms with Gasteiger partial charge in [-0.3, -0.25) is 9.36 Å². The Hall–Kier alpha value is -2.94. The molecule has 4 rings (SSSR count). The number of hydrogen-bond donors (Lipinski definition) is 1. The van der Waals surface area contributed by atoms with Crippen LogP contribution < -0.4 is 9.62 Å². The summed E-state index contributed by atoms with van der Waals surface area (Å²) in [5.74, 6) is 1.14. The summed E-state index contributed by atoms with van der Waals surface area (Å²) in [6, 6.07) is 13.3. The van der Waals surface area contributed by atoms with E-state index >= 15 is 0 Å². The van der Waals surface area contributed by atoms with Gasteiger partial charge in [-0.2, -0.15) is 0 Å². The Balaban J connectivity index is 1.63. The molecule has 0 spiro atoms. The van der Waals surface area contributed by atoms with Crippen molar-refractivity contribution in [1.29, 1.82) is 0 Å². The van der Waals surface area contributed by atoms with E-state index in [1.807, 2.05) is 72.2 Å². The van der Waals surface area contributed by atoms with Gasteiger partial charge in [-0.05, 0) is 81.6 Å². The van der Waals surface area contributed by atoms with Crippen LogP contribution in [0, 0.1) is 0 Å². The largest absolute Gasteiger partial charge is 0.459 e. The molecule has 0 aliphatic heterocycles. The molecule has 0 saturated carbocycles. The number of benzene rings is 2. The first-order chi connectivity index (χ1) is 17.6. The first-order valence-corrected chi connectivity index (χ1v) is 13.4. The Kier molecular flexibility index (Phi) is 8.52. The molecule has 0 fully saturated rings. The van der Waals surface area contributed by atoms with Crippen LogP contribution in [0.4, 0.5) is 11.5 Å². The standard InChI is InChI=1S/C27H29Cl2N5O2S/c1-5-9-30-24-15-32-25(16-31-24)33-10-8-18-11-21(6-7-23(18)33)34(17-26(35)36-27(2,3)4)37-22-13-19(28)12-20(29)14-22/h6-8,10-16H,5,9,17H2,1-4H3,(H,30,31). The number of ether oxygens (including phenoxy) is 1. The number of aromatic nitrogens is 3. The molecule has 4 aromatic rings. The lowest BCUT2D eigenvalue weighted by Gasteiger charge is -2.26. The smallest absolute Gasteiger partial charge is 0.327 e. The number of nitrogens with zero attached hydrogens (tertiary/aromatic N) is 4. The molecule has 1 N–H and O–H groups in total. The van der Waals surface area contributed by atoms with Crippen LogP contribution in [-0.2, 0) is 9.53 Å². The van der Waals surface area contributed by atoms with Gasteiger partial charge in [-0.1, -0.05) is 30.1 Å². The lowest BCUT2D eigenvalue weighted by Crippen LogP contribution is -2.31. The SMILES string of the molecule is CCCNc1cnc(-n2ccc3cc(N(CC(=O)OC(C)(C)C)Sc4cc(Cl)cc(Cl)c4)ccc32)cn1. The van der Waals surface area contributed by atoms with Gasteiger partial charge in [0.25, 0.3) is 0 Å². The highest BCUT2D eigenvalue weighted by Crippen LogP contribution is 2.34. The molecule has 0 amide bonds. The van der Waals surface area contributed by atoms with Gasteiger partial charge in [-0.25, -0.2) is 9.97 Å². The number of halogens is 2. The summed E-state index contributed by atoms with van der Waals surface area (Å²) < 4.78 is 9.45. The van der Waals surface area contributed by atoms with E-state index in [-0.39, 0.29) is 12.5 Å². The number of esters is 1. The molecule has 0 aliphatic carbocycles. The molecular formula is C27H29Cl2N5O2S. The maximum absolute atomic E-state index is 12.8. The highest BCUT2D eigenvalue weighted by molar-refractivity contribution is 8.00. The number of anilines is 2. The maximum Gasteiger partial charge on any atom is 0.327 e. The average Bonchev–Trinajstić information content (AvgIpc) is 3.24. The van der Waals surface area contributed by atoms with Crippen molar-refractivity contribution >= 4 is 63.5 Å². The van der Waals surface area contributed by atoms with Gasteiger partial charge < -0.3 is 14.4 Å². The predicted octanol–water partition coefficient (Wildman–Crippen LogP) is 7.40. The van der Waals surface area contributed by atoms with Gasteiger partial charge in [0, 0.05) is 38.8 Å². The van der Waals surface area contributed by atoms with Gasteiger partial charge in [0.1, 0.15) is 18.0 Å². The fourth-order valence-electron chi connectivity index (χ4n) is 3.65. The van der Waals surface area contributed by atoms with E-state index in [0.29, 0.717) is 10.0 Å². The van der Waals surface area contributed by atoms with Gasteiger partial charge in [0.15, 0.2) is 5.82 Å². The second-order valence-electron chi connectivity index (χ2n) is 9.43. The van der Waals surface area contributed by atoms with Crippen LogP contribution in [0.15, 0.2) is 66.0 Å². The predicted molar refractivity (Wildman–Crippen MR) is 153 cm³/mol. The molecule has 0 atom stereocenters. The average molecular weight is 559 g/mol. The summed E-state index contributed by atoms with van der Waals surface area (Å²) in [6.45, 7) is 8.54. The van der Waals surface area contributed by atoms with Crippen molar-refractivity contribution < 1.29 is 9.53 Å². The molecular weight excluding hydrogens is 529 g/mol. The summed E-state index contributed by atoms with van der Waals surface area (Å²) in [5, 5.41) is 5.28. The Morgan fingerprint density at radius 2 is 1.84 bits per heavy atom. The zero-order valence-electron chi connectivity index (χ0n) is 21.2. The second-order valence-corrected chi connectivity index (χ2v) is 11.4. The van der Waals surface area contributed by atoms with Crippen molar-refractivity contribution in [3.63, 3.8) is 0 Å². The maximum atomic E-state index is 12.8. The zero-order chi connectivity index (χ0) is 26.6. The summed E-state index contributed by atoms with van der Waals surface area (Å²) in [4.78, 5) is 22.6. The molecule has 0 unspecified atom stereocenters. The molecule has 0 saturated heterocycles. The van der Waals surface area contributed by atoms with Gasteiger partial charge in [0.2, 0.25) is 0 Å². The minimum atomic E-state index is -0.587. The van der Waals surface area contributed by atoms with Crippen molar-refractivity contribution in [3.8, 4) is 5.82 Å². The number of carbonyl (C=O) groups excluding carboxylic acids is 1. The molecule has 2 aromatic heterocycles. The quantitative estimate of drug-likeness (QED) is 0.169. The van der Waals surface area contributed by atoms with Gasteiger partial charge >= 0.3 is 5.97 Å². The third-order valence-electron chi connectivity index (χ3n) is 5.15. The first kappa shape index (κ1) is 27.1. The molecule has 10 heteroatoms. The topological polar surface area (TPSA) is 72.3 Å². The molecule has 2 heterocycles. The molecule has 194 valence electrons. The van der Waals surface area contributed by atoms with Crippen LogP contribution in [0.25, 0.3) is 16.7 Å².